The number of anilines is 1. The summed E-state index contributed by atoms with van der Waals surface area (Å²) in [5.41, 5.74) is 1.10. The van der Waals surface area contributed by atoms with Gasteiger partial charge in [-0.25, -0.2) is 8.42 Å². The predicted octanol–water partition coefficient (Wildman–Crippen LogP) is 2.46. The van der Waals surface area contributed by atoms with Crippen LogP contribution in [0.2, 0.25) is 0 Å². The Morgan fingerprint density at radius 1 is 0.957 bits per heavy atom. The van der Waals surface area contributed by atoms with Crippen molar-refractivity contribution in [1.82, 2.24) is 0 Å². The number of hydrogen-bond donors (Lipinski definition) is 1. The Kier molecular flexibility index (Phi) is 4.79. The van der Waals surface area contributed by atoms with Gasteiger partial charge >= 0.3 is 0 Å². The third-order valence-corrected chi connectivity index (χ3v) is 6.07. The zero-order valence-electron chi connectivity index (χ0n) is 12.7. The summed E-state index contributed by atoms with van der Waals surface area (Å²) in [6, 6.07) is 11.6. The lowest BCUT2D eigenvalue weighted by Crippen LogP contribution is -2.30. The predicted molar refractivity (Wildman–Crippen MR) is 87.6 cm³/mol. The van der Waals surface area contributed by atoms with Crippen molar-refractivity contribution in [3.05, 3.63) is 54.1 Å². The Morgan fingerprint density at radius 3 is 2.09 bits per heavy atom. The van der Waals surface area contributed by atoms with Crippen LogP contribution in [0.25, 0.3) is 0 Å². The summed E-state index contributed by atoms with van der Waals surface area (Å²) in [7, 11) is -8.23. The Hall–Kier alpha value is -1.90. The SMILES string of the molecule is CCN(c1cccc(S(=O)(=O)O)c1)S(=O)(=O)c1ccc(C)cc1. The molecule has 0 atom stereocenters. The van der Waals surface area contributed by atoms with Gasteiger partial charge in [0.15, 0.2) is 0 Å². The second kappa shape index (κ2) is 6.31. The molecule has 0 aliphatic rings. The molecule has 0 unspecified atom stereocenters. The Bertz CT molecular complexity index is 903. The minimum Gasteiger partial charge on any atom is -0.282 e. The van der Waals surface area contributed by atoms with Crippen molar-refractivity contribution in [3.63, 3.8) is 0 Å². The number of rotatable bonds is 5. The molecule has 0 aliphatic carbocycles. The van der Waals surface area contributed by atoms with E-state index in [1.54, 1.807) is 19.1 Å². The van der Waals surface area contributed by atoms with Crippen LogP contribution in [0.4, 0.5) is 5.69 Å². The highest BCUT2D eigenvalue weighted by molar-refractivity contribution is 7.92. The average molecular weight is 355 g/mol. The summed E-state index contributed by atoms with van der Waals surface area (Å²) < 4.78 is 58.2. The van der Waals surface area contributed by atoms with Crippen molar-refractivity contribution in [2.45, 2.75) is 23.6 Å². The first-order valence-corrected chi connectivity index (χ1v) is 9.71. The third kappa shape index (κ3) is 3.72. The van der Waals surface area contributed by atoms with Crippen LogP contribution in [0.3, 0.4) is 0 Å². The molecule has 2 aromatic rings. The molecule has 0 amide bonds. The fourth-order valence-electron chi connectivity index (χ4n) is 2.13. The van der Waals surface area contributed by atoms with Crippen molar-refractivity contribution >= 4 is 25.8 Å². The Morgan fingerprint density at radius 2 is 1.57 bits per heavy atom. The molecule has 0 aliphatic heterocycles. The summed E-state index contributed by atoms with van der Waals surface area (Å²) in [5.74, 6) is 0. The third-order valence-electron chi connectivity index (χ3n) is 3.30. The van der Waals surface area contributed by atoms with Gasteiger partial charge in [-0.1, -0.05) is 23.8 Å². The minimum atomic E-state index is -4.40. The fourth-order valence-corrected chi connectivity index (χ4v) is 4.11. The summed E-state index contributed by atoms with van der Waals surface area (Å²) in [4.78, 5) is -0.241. The summed E-state index contributed by atoms with van der Waals surface area (Å²) in [5, 5.41) is 0. The Balaban J connectivity index is 2.53. The maximum Gasteiger partial charge on any atom is 0.294 e. The highest BCUT2D eigenvalue weighted by atomic mass is 32.2. The van der Waals surface area contributed by atoms with E-state index in [9.17, 15) is 16.8 Å². The monoisotopic (exact) mass is 355 g/mol. The standard InChI is InChI=1S/C15H17NO5S2/c1-3-16(13-5-4-6-15(11-13)23(19,20)21)22(17,18)14-9-7-12(2)8-10-14/h4-11H,3H2,1-2H3,(H,19,20,21). The molecule has 0 fully saturated rings. The molecule has 2 aromatic carbocycles. The van der Waals surface area contributed by atoms with Crippen LogP contribution in [0, 0.1) is 6.92 Å². The quantitative estimate of drug-likeness (QED) is 0.832. The average Bonchev–Trinajstić information content (AvgIpc) is 2.47. The van der Waals surface area contributed by atoms with Gasteiger partial charge < -0.3 is 0 Å². The lowest BCUT2D eigenvalue weighted by atomic mass is 10.2. The van der Waals surface area contributed by atoms with Crippen molar-refractivity contribution < 1.29 is 21.4 Å². The van der Waals surface area contributed by atoms with Crippen LogP contribution in [-0.4, -0.2) is 27.9 Å². The van der Waals surface area contributed by atoms with Gasteiger partial charge in [0.2, 0.25) is 0 Å². The van der Waals surface area contributed by atoms with Gasteiger partial charge in [-0.3, -0.25) is 8.86 Å². The lowest BCUT2D eigenvalue weighted by Gasteiger charge is -2.23. The molecule has 6 nitrogen and oxygen atoms in total. The molecule has 0 aromatic heterocycles. The molecule has 2 rings (SSSR count). The van der Waals surface area contributed by atoms with E-state index in [4.69, 9.17) is 4.55 Å². The van der Waals surface area contributed by atoms with Crippen LogP contribution in [0.1, 0.15) is 12.5 Å². The topological polar surface area (TPSA) is 91.8 Å². The van der Waals surface area contributed by atoms with Gasteiger partial charge in [-0.15, -0.1) is 0 Å². The molecule has 0 radical (unpaired) electrons. The van der Waals surface area contributed by atoms with Crippen molar-refractivity contribution in [1.29, 1.82) is 0 Å². The number of sulfonamides is 1. The van der Waals surface area contributed by atoms with Crippen molar-refractivity contribution in [3.8, 4) is 0 Å². The maximum absolute atomic E-state index is 12.8. The summed E-state index contributed by atoms with van der Waals surface area (Å²) in [6.45, 7) is 3.61. The largest absolute Gasteiger partial charge is 0.294 e. The van der Waals surface area contributed by atoms with Gasteiger partial charge in [0.05, 0.1) is 15.5 Å². The number of aryl methyl sites for hydroxylation is 1. The molecular formula is C15H17NO5S2. The molecule has 8 heteroatoms. The number of benzene rings is 2. The van der Waals surface area contributed by atoms with Crippen molar-refractivity contribution in [2.75, 3.05) is 10.8 Å². The van der Waals surface area contributed by atoms with Gasteiger partial charge in [0.1, 0.15) is 0 Å². The molecular weight excluding hydrogens is 338 g/mol. The first-order valence-electron chi connectivity index (χ1n) is 6.83. The molecule has 0 bridgehead atoms. The lowest BCUT2D eigenvalue weighted by molar-refractivity contribution is 0.483. The van der Waals surface area contributed by atoms with E-state index in [1.807, 2.05) is 6.92 Å². The molecule has 124 valence electrons. The zero-order valence-corrected chi connectivity index (χ0v) is 14.3. The van der Waals surface area contributed by atoms with E-state index in [2.05, 4.69) is 0 Å². The van der Waals surface area contributed by atoms with E-state index in [0.29, 0.717) is 0 Å². The molecule has 0 saturated heterocycles. The first-order chi connectivity index (χ1) is 10.7. The number of nitrogens with zero attached hydrogens (tertiary/aromatic N) is 1. The maximum atomic E-state index is 12.8. The molecule has 1 N–H and O–H groups in total. The van der Waals surface area contributed by atoms with Gasteiger partial charge in [0, 0.05) is 6.54 Å². The second-order valence-corrected chi connectivity index (χ2v) is 8.24. The van der Waals surface area contributed by atoms with E-state index >= 15 is 0 Å². The van der Waals surface area contributed by atoms with Crippen molar-refractivity contribution in [2.24, 2.45) is 0 Å². The smallest absolute Gasteiger partial charge is 0.282 e. The highest BCUT2D eigenvalue weighted by Crippen LogP contribution is 2.25. The zero-order chi connectivity index (χ0) is 17.3. The summed E-state index contributed by atoms with van der Waals surface area (Å²) >= 11 is 0. The van der Waals surface area contributed by atoms with Gasteiger partial charge in [-0.05, 0) is 44.2 Å². The number of hydrogen-bond acceptors (Lipinski definition) is 4. The van der Waals surface area contributed by atoms with E-state index < -0.39 is 20.1 Å². The molecule has 23 heavy (non-hydrogen) atoms. The van der Waals surface area contributed by atoms with Crippen LogP contribution in [-0.2, 0) is 20.1 Å². The van der Waals surface area contributed by atoms with E-state index in [0.717, 1.165) is 15.9 Å². The Labute approximate surface area is 136 Å². The minimum absolute atomic E-state index is 0.113. The van der Waals surface area contributed by atoms with Crippen LogP contribution in [0.15, 0.2) is 58.3 Å². The van der Waals surface area contributed by atoms with Gasteiger partial charge in [0.25, 0.3) is 20.1 Å². The molecule has 0 heterocycles. The highest BCUT2D eigenvalue weighted by Gasteiger charge is 2.24. The second-order valence-electron chi connectivity index (χ2n) is 4.96. The van der Waals surface area contributed by atoms with E-state index in [1.165, 1.54) is 30.3 Å². The van der Waals surface area contributed by atoms with Crippen LogP contribution >= 0.6 is 0 Å². The van der Waals surface area contributed by atoms with Gasteiger partial charge in [-0.2, -0.15) is 8.42 Å². The molecule has 0 saturated carbocycles. The van der Waals surface area contributed by atoms with Crippen LogP contribution < -0.4 is 4.31 Å². The normalized spacial score (nSPS) is 12.1. The van der Waals surface area contributed by atoms with E-state index in [-0.39, 0.29) is 22.0 Å². The summed E-state index contributed by atoms with van der Waals surface area (Å²) in [6.07, 6.45) is 0. The first kappa shape index (κ1) is 17.5. The fraction of sp³-hybridized carbons (Fsp3) is 0.200. The molecule has 0 spiro atoms. The van der Waals surface area contributed by atoms with Crippen LogP contribution in [0.5, 0.6) is 0 Å².